The molecule has 9 heteroatoms. The lowest BCUT2D eigenvalue weighted by atomic mass is 10.1. The first-order valence-electron chi connectivity index (χ1n) is 11.8. The third-order valence-electron chi connectivity index (χ3n) is 6.33. The van der Waals surface area contributed by atoms with Gasteiger partial charge in [0.05, 0.1) is 24.1 Å². The molecule has 2 aromatic rings. The molecule has 0 aliphatic carbocycles. The van der Waals surface area contributed by atoms with Crippen LogP contribution in [0.4, 0.5) is 11.4 Å². The third-order valence-corrected chi connectivity index (χ3v) is 8.23. The van der Waals surface area contributed by atoms with Crippen molar-refractivity contribution in [2.24, 2.45) is 0 Å². The summed E-state index contributed by atoms with van der Waals surface area (Å²) in [6.45, 7) is 1.74. The lowest BCUT2D eigenvalue weighted by Gasteiger charge is -2.21. The number of amides is 2. The number of methoxy groups -OCH3 is 1. The van der Waals surface area contributed by atoms with Crippen molar-refractivity contribution in [1.82, 2.24) is 4.31 Å². The molecule has 2 aliphatic heterocycles. The quantitative estimate of drug-likeness (QED) is 0.647. The zero-order valence-corrected chi connectivity index (χ0v) is 20.3. The Bertz CT molecular complexity index is 1140. The molecule has 8 nitrogen and oxygen atoms in total. The first-order valence-corrected chi connectivity index (χ1v) is 13.2. The van der Waals surface area contributed by atoms with Crippen molar-refractivity contribution in [1.29, 1.82) is 0 Å². The number of nitrogens with zero attached hydrogens (tertiary/aromatic N) is 2. The predicted molar refractivity (Wildman–Crippen MR) is 131 cm³/mol. The first-order chi connectivity index (χ1) is 16.4. The average Bonchev–Trinajstić information content (AvgIpc) is 3.07. The van der Waals surface area contributed by atoms with E-state index in [0.29, 0.717) is 30.9 Å². The standard InChI is InChI=1S/C25H31N3O5S/c1-33-23-13-12-21(34(31,32)27-14-4-2-3-5-15-27)18-22(23)26-24(29)17-19-8-10-20(11-9-19)28-16-6-7-25(28)30/h8-13,18H,2-7,14-17H2,1H3,(H,26,29). The molecule has 2 amide bonds. The van der Waals surface area contributed by atoms with Crippen molar-refractivity contribution < 1.29 is 22.7 Å². The molecule has 0 unspecified atom stereocenters. The zero-order chi connectivity index (χ0) is 24.1. The highest BCUT2D eigenvalue weighted by molar-refractivity contribution is 7.89. The number of benzene rings is 2. The highest BCUT2D eigenvalue weighted by atomic mass is 32.2. The molecule has 0 radical (unpaired) electrons. The lowest BCUT2D eigenvalue weighted by Crippen LogP contribution is -2.32. The number of nitrogens with one attached hydrogen (secondary N) is 1. The molecule has 182 valence electrons. The topological polar surface area (TPSA) is 96.0 Å². The summed E-state index contributed by atoms with van der Waals surface area (Å²) in [5.41, 5.74) is 1.95. The molecule has 2 aromatic carbocycles. The Morgan fingerprint density at radius 2 is 1.68 bits per heavy atom. The van der Waals surface area contributed by atoms with Crippen LogP contribution in [0, 0.1) is 0 Å². The van der Waals surface area contributed by atoms with Crippen LogP contribution in [-0.2, 0) is 26.0 Å². The van der Waals surface area contributed by atoms with Crippen molar-refractivity contribution in [2.45, 2.75) is 49.8 Å². The van der Waals surface area contributed by atoms with Gasteiger partial charge in [-0.2, -0.15) is 4.31 Å². The number of hydrogen-bond acceptors (Lipinski definition) is 5. The molecule has 2 aliphatic rings. The van der Waals surface area contributed by atoms with E-state index < -0.39 is 10.0 Å². The van der Waals surface area contributed by atoms with Gasteiger partial charge in [0.1, 0.15) is 5.75 Å². The molecule has 2 heterocycles. The van der Waals surface area contributed by atoms with Gasteiger partial charge in [-0.1, -0.05) is 25.0 Å². The van der Waals surface area contributed by atoms with Crippen molar-refractivity contribution >= 4 is 33.2 Å². The molecule has 1 N–H and O–H groups in total. The molecular formula is C25H31N3O5S. The molecule has 4 rings (SSSR count). The number of hydrogen-bond donors (Lipinski definition) is 1. The Hall–Kier alpha value is -2.91. The minimum atomic E-state index is -3.65. The molecule has 34 heavy (non-hydrogen) atoms. The summed E-state index contributed by atoms with van der Waals surface area (Å²) in [4.78, 5) is 26.6. The van der Waals surface area contributed by atoms with E-state index >= 15 is 0 Å². The van der Waals surface area contributed by atoms with Gasteiger partial charge >= 0.3 is 0 Å². The Morgan fingerprint density at radius 1 is 0.971 bits per heavy atom. The van der Waals surface area contributed by atoms with Crippen LogP contribution < -0.4 is 15.0 Å². The lowest BCUT2D eigenvalue weighted by molar-refractivity contribution is -0.117. The molecule has 0 aromatic heterocycles. The number of rotatable bonds is 7. The fourth-order valence-electron chi connectivity index (χ4n) is 4.47. The highest BCUT2D eigenvalue weighted by Crippen LogP contribution is 2.30. The van der Waals surface area contributed by atoms with Crippen LogP contribution in [0.2, 0.25) is 0 Å². The van der Waals surface area contributed by atoms with Crippen molar-refractivity contribution in [3.05, 3.63) is 48.0 Å². The second kappa shape index (κ2) is 10.6. The van der Waals surface area contributed by atoms with Gasteiger partial charge in [-0.3, -0.25) is 9.59 Å². The maximum absolute atomic E-state index is 13.2. The predicted octanol–water partition coefficient (Wildman–Crippen LogP) is 3.57. The van der Waals surface area contributed by atoms with Crippen LogP contribution in [-0.4, -0.2) is 51.3 Å². The van der Waals surface area contributed by atoms with Crippen molar-refractivity contribution in [3.63, 3.8) is 0 Å². The summed E-state index contributed by atoms with van der Waals surface area (Å²) >= 11 is 0. The third kappa shape index (κ3) is 5.42. The minimum Gasteiger partial charge on any atom is -0.495 e. The summed E-state index contributed by atoms with van der Waals surface area (Å²) < 4.78 is 33.2. The van der Waals surface area contributed by atoms with Crippen LogP contribution in [0.1, 0.15) is 44.1 Å². The number of carbonyl (C=O) groups is 2. The Labute approximate surface area is 200 Å². The van der Waals surface area contributed by atoms with Crippen LogP contribution in [0.5, 0.6) is 5.75 Å². The monoisotopic (exact) mass is 485 g/mol. The maximum Gasteiger partial charge on any atom is 0.243 e. The first kappa shape index (κ1) is 24.2. The van der Waals surface area contributed by atoms with Gasteiger partial charge in [-0.25, -0.2) is 8.42 Å². The van der Waals surface area contributed by atoms with E-state index in [1.54, 1.807) is 11.0 Å². The van der Waals surface area contributed by atoms with Gasteiger partial charge in [0.2, 0.25) is 21.8 Å². The number of ether oxygens (including phenoxy) is 1. The second-order valence-electron chi connectivity index (χ2n) is 8.72. The normalized spacial score (nSPS) is 17.4. The molecule has 0 bridgehead atoms. The number of sulfonamides is 1. The van der Waals surface area contributed by atoms with Gasteiger partial charge in [-0.15, -0.1) is 0 Å². The van der Waals surface area contributed by atoms with Crippen LogP contribution in [0.15, 0.2) is 47.4 Å². The summed E-state index contributed by atoms with van der Waals surface area (Å²) in [5, 5.41) is 2.80. The molecule has 0 saturated carbocycles. The zero-order valence-electron chi connectivity index (χ0n) is 19.5. The van der Waals surface area contributed by atoms with E-state index in [-0.39, 0.29) is 23.1 Å². The molecule has 2 saturated heterocycles. The molecule has 2 fully saturated rings. The Morgan fingerprint density at radius 3 is 2.29 bits per heavy atom. The SMILES string of the molecule is COc1ccc(S(=O)(=O)N2CCCCCC2)cc1NC(=O)Cc1ccc(N2CCCC2=O)cc1. The van der Waals surface area contributed by atoms with Crippen LogP contribution in [0.3, 0.4) is 0 Å². The average molecular weight is 486 g/mol. The van der Waals surface area contributed by atoms with Crippen molar-refractivity contribution in [3.8, 4) is 5.75 Å². The van der Waals surface area contributed by atoms with E-state index in [4.69, 9.17) is 4.74 Å². The smallest absolute Gasteiger partial charge is 0.243 e. The Balaban J connectivity index is 1.47. The largest absolute Gasteiger partial charge is 0.495 e. The van der Waals surface area contributed by atoms with E-state index in [1.807, 2.05) is 24.3 Å². The van der Waals surface area contributed by atoms with Gasteiger partial charge in [0.15, 0.2) is 0 Å². The fraction of sp³-hybridized carbons (Fsp3) is 0.440. The molecular weight excluding hydrogens is 454 g/mol. The van der Waals surface area contributed by atoms with E-state index in [1.165, 1.54) is 23.5 Å². The maximum atomic E-state index is 13.2. The van der Waals surface area contributed by atoms with Crippen molar-refractivity contribution in [2.75, 3.05) is 37.0 Å². The van der Waals surface area contributed by atoms with E-state index in [2.05, 4.69) is 5.32 Å². The molecule has 0 atom stereocenters. The minimum absolute atomic E-state index is 0.112. The van der Waals surface area contributed by atoms with Gasteiger partial charge in [0.25, 0.3) is 0 Å². The van der Waals surface area contributed by atoms with Crippen LogP contribution >= 0.6 is 0 Å². The van der Waals surface area contributed by atoms with Gasteiger partial charge < -0.3 is 15.0 Å². The summed E-state index contributed by atoms with van der Waals surface area (Å²) in [6, 6.07) is 11.9. The highest BCUT2D eigenvalue weighted by Gasteiger charge is 2.26. The summed E-state index contributed by atoms with van der Waals surface area (Å²) in [6.07, 6.45) is 5.31. The van der Waals surface area contributed by atoms with E-state index in [9.17, 15) is 18.0 Å². The fourth-order valence-corrected chi connectivity index (χ4v) is 6.01. The molecule has 0 spiro atoms. The van der Waals surface area contributed by atoms with Crippen LogP contribution in [0.25, 0.3) is 0 Å². The Kier molecular flexibility index (Phi) is 7.53. The summed E-state index contributed by atoms with van der Waals surface area (Å²) in [7, 11) is -2.17. The van der Waals surface area contributed by atoms with E-state index in [0.717, 1.165) is 49.9 Å². The summed E-state index contributed by atoms with van der Waals surface area (Å²) in [5.74, 6) is 0.228. The van der Waals surface area contributed by atoms with Gasteiger partial charge in [0, 0.05) is 31.7 Å². The van der Waals surface area contributed by atoms with Gasteiger partial charge in [-0.05, 0) is 55.2 Å². The number of anilines is 2. The number of carbonyl (C=O) groups excluding carboxylic acids is 2. The second-order valence-corrected chi connectivity index (χ2v) is 10.7.